The van der Waals surface area contributed by atoms with Gasteiger partial charge in [0.05, 0.1) is 0 Å². The lowest BCUT2D eigenvalue weighted by molar-refractivity contribution is -0.137. The van der Waals surface area contributed by atoms with E-state index < -0.39 is 0 Å². The molecule has 0 amide bonds. The van der Waals surface area contributed by atoms with E-state index in [1.807, 2.05) is 31.2 Å². The first-order valence-electron chi connectivity index (χ1n) is 16.5. The van der Waals surface area contributed by atoms with E-state index in [0.29, 0.717) is 29.8 Å². The zero-order valence-electron chi connectivity index (χ0n) is 25.7. The fourth-order valence-corrected chi connectivity index (χ4v) is 7.11. The van der Waals surface area contributed by atoms with E-state index >= 15 is 0 Å². The summed E-state index contributed by atoms with van der Waals surface area (Å²) in [6.45, 7) is 6.54. The number of hydrogen-bond acceptors (Lipinski definition) is 4. The maximum absolute atomic E-state index is 12.5. The molecule has 4 nitrogen and oxygen atoms in total. The van der Waals surface area contributed by atoms with Crippen molar-refractivity contribution in [2.75, 3.05) is 0 Å². The topological polar surface area (TPSA) is 52.6 Å². The van der Waals surface area contributed by atoms with E-state index in [1.165, 1.54) is 88.2 Å². The third-order valence-electron chi connectivity index (χ3n) is 9.61. The molecule has 0 aliphatic heterocycles. The molecule has 0 radical (unpaired) electrons. The highest BCUT2D eigenvalue weighted by atomic mass is 16.5. The summed E-state index contributed by atoms with van der Waals surface area (Å²) in [5, 5.41) is 0. The molecule has 0 unspecified atom stereocenters. The molecule has 224 valence electrons. The Labute approximate surface area is 248 Å². The molecule has 41 heavy (non-hydrogen) atoms. The minimum atomic E-state index is -0.252. The van der Waals surface area contributed by atoms with Crippen LogP contribution in [0.4, 0.5) is 0 Å². The van der Waals surface area contributed by atoms with E-state index in [0.717, 1.165) is 11.8 Å². The van der Waals surface area contributed by atoms with Crippen molar-refractivity contribution in [3.05, 3.63) is 59.7 Å². The molecule has 2 aliphatic carbocycles. The van der Waals surface area contributed by atoms with Crippen LogP contribution in [0.5, 0.6) is 11.5 Å². The van der Waals surface area contributed by atoms with Gasteiger partial charge in [-0.25, -0.2) is 0 Å². The Hall–Kier alpha value is -2.62. The van der Waals surface area contributed by atoms with Crippen LogP contribution >= 0.6 is 0 Å². The Balaban J connectivity index is 1.13. The van der Waals surface area contributed by atoms with Gasteiger partial charge in [-0.3, -0.25) is 9.59 Å². The molecule has 2 fully saturated rings. The highest BCUT2D eigenvalue weighted by molar-refractivity contribution is 5.74. The van der Waals surface area contributed by atoms with Gasteiger partial charge in [0.2, 0.25) is 0 Å². The van der Waals surface area contributed by atoms with Crippen LogP contribution in [0.2, 0.25) is 0 Å². The van der Waals surface area contributed by atoms with Gasteiger partial charge >= 0.3 is 11.9 Å². The smallest absolute Gasteiger partial charge is 0.311 e. The van der Waals surface area contributed by atoms with Crippen LogP contribution in [0.25, 0.3) is 0 Å². The molecule has 4 heteroatoms. The standard InChI is InChI=1S/C37H52O4/c1-4-6-28-9-13-30(14-10-28)32-17-21-34(22-18-32)40-36(38)25-8-27(3)26-37(39)41-35-23-19-33(20-24-35)31-15-11-29(7-5-2)12-16-31/h17-24,27-31H,4-16,25-26H2,1-3H3/t27-,28?,29-,30?,31-/m1/s1. The molecule has 0 N–H and O–H groups in total. The molecule has 0 heterocycles. The first-order chi connectivity index (χ1) is 19.9. The van der Waals surface area contributed by atoms with Gasteiger partial charge in [-0.1, -0.05) is 70.7 Å². The van der Waals surface area contributed by atoms with Gasteiger partial charge in [0, 0.05) is 12.8 Å². The summed E-state index contributed by atoms with van der Waals surface area (Å²) in [5.41, 5.74) is 2.71. The lowest BCUT2D eigenvalue weighted by Crippen LogP contribution is -2.15. The summed E-state index contributed by atoms with van der Waals surface area (Å²) in [7, 11) is 0. The van der Waals surface area contributed by atoms with Gasteiger partial charge in [-0.2, -0.15) is 0 Å². The molecule has 4 rings (SSSR count). The van der Waals surface area contributed by atoms with Crippen LogP contribution in [-0.4, -0.2) is 11.9 Å². The van der Waals surface area contributed by atoms with Crippen molar-refractivity contribution < 1.29 is 19.1 Å². The molecule has 2 aromatic carbocycles. The lowest BCUT2D eigenvalue weighted by atomic mass is 9.77. The summed E-state index contributed by atoms with van der Waals surface area (Å²) in [5.74, 6) is 3.79. The summed E-state index contributed by atoms with van der Waals surface area (Å²) in [6, 6.07) is 16.2. The predicted molar refractivity (Wildman–Crippen MR) is 166 cm³/mol. The summed E-state index contributed by atoms with van der Waals surface area (Å²) >= 11 is 0. The SMILES string of the molecule is CCCC1CCC(c2ccc(OC(=O)CC[C@@H](C)CC(=O)Oc3ccc([C@H]4CC[C@H](CCC)CC4)cc3)cc2)CC1. The highest BCUT2D eigenvalue weighted by Crippen LogP contribution is 2.39. The molecule has 2 saturated carbocycles. The molecule has 0 spiro atoms. The van der Waals surface area contributed by atoms with Gasteiger partial charge in [0.15, 0.2) is 0 Å². The number of esters is 2. The van der Waals surface area contributed by atoms with Crippen molar-refractivity contribution in [3.8, 4) is 11.5 Å². The zero-order valence-corrected chi connectivity index (χ0v) is 25.7. The van der Waals surface area contributed by atoms with Crippen LogP contribution in [0.3, 0.4) is 0 Å². The third-order valence-corrected chi connectivity index (χ3v) is 9.61. The average Bonchev–Trinajstić information content (AvgIpc) is 2.98. The van der Waals surface area contributed by atoms with Crippen LogP contribution < -0.4 is 9.47 Å². The van der Waals surface area contributed by atoms with Crippen molar-refractivity contribution in [2.24, 2.45) is 17.8 Å². The lowest BCUT2D eigenvalue weighted by Gasteiger charge is -2.28. The first kappa shape index (κ1) is 31.3. The maximum Gasteiger partial charge on any atom is 0.311 e. The Morgan fingerprint density at radius 2 is 1.07 bits per heavy atom. The number of carbonyl (C=O) groups is 2. The molecular formula is C37H52O4. The second-order valence-corrected chi connectivity index (χ2v) is 12.9. The number of hydrogen-bond donors (Lipinski definition) is 0. The molecule has 1 atom stereocenters. The van der Waals surface area contributed by atoms with Crippen molar-refractivity contribution in [1.82, 2.24) is 0 Å². The number of rotatable bonds is 13. The number of carbonyl (C=O) groups excluding carboxylic acids is 2. The molecule has 0 bridgehead atoms. The Bertz CT molecular complexity index is 1060. The van der Waals surface area contributed by atoms with Gasteiger partial charge in [0.1, 0.15) is 11.5 Å². The predicted octanol–water partition coefficient (Wildman–Crippen LogP) is 10.2. The van der Waals surface area contributed by atoms with Crippen LogP contribution in [0.1, 0.15) is 140 Å². The highest BCUT2D eigenvalue weighted by Gasteiger charge is 2.23. The maximum atomic E-state index is 12.5. The Kier molecular flexibility index (Phi) is 12.3. The molecule has 0 saturated heterocycles. The fourth-order valence-electron chi connectivity index (χ4n) is 7.11. The van der Waals surface area contributed by atoms with Gasteiger partial charge in [0.25, 0.3) is 0 Å². The second-order valence-electron chi connectivity index (χ2n) is 12.9. The van der Waals surface area contributed by atoms with E-state index in [1.54, 1.807) is 0 Å². The Morgan fingerprint density at radius 1 is 0.659 bits per heavy atom. The monoisotopic (exact) mass is 560 g/mol. The quantitative estimate of drug-likeness (QED) is 0.181. The molecular weight excluding hydrogens is 508 g/mol. The van der Waals surface area contributed by atoms with Crippen molar-refractivity contribution in [3.63, 3.8) is 0 Å². The normalized spacial score (nSPS) is 23.5. The van der Waals surface area contributed by atoms with Crippen LogP contribution in [-0.2, 0) is 9.59 Å². The van der Waals surface area contributed by atoms with Gasteiger partial charge < -0.3 is 9.47 Å². The number of benzene rings is 2. The molecule has 0 aromatic heterocycles. The minimum absolute atomic E-state index is 0.0397. The van der Waals surface area contributed by atoms with E-state index in [9.17, 15) is 9.59 Å². The van der Waals surface area contributed by atoms with E-state index in [-0.39, 0.29) is 30.7 Å². The first-order valence-corrected chi connectivity index (χ1v) is 16.5. The van der Waals surface area contributed by atoms with Gasteiger partial charge in [-0.15, -0.1) is 0 Å². The summed E-state index contributed by atoms with van der Waals surface area (Å²) in [6.07, 6.45) is 16.8. The number of ether oxygens (including phenoxy) is 2. The third kappa shape index (κ3) is 10.0. The van der Waals surface area contributed by atoms with Crippen molar-refractivity contribution in [2.45, 2.75) is 129 Å². The largest absolute Gasteiger partial charge is 0.427 e. The zero-order chi connectivity index (χ0) is 29.0. The van der Waals surface area contributed by atoms with Gasteiger partial charge in [-0.05, 0) is 123 Å². The summed E-state index contributed by atoms with van der Waals surface area (Å²) in [4.78, 5) is 25.0. The summed E-state index contributed by atoms with van der Waals surface area (Å²) < 4.78 is 11.2. The molecule has 2 aliphatic rings. The van der Waals surface area contributed by atoms with E-state index in [2.05, 4.69) is 38.1 Å². The Morgan fingerprint density at radius 3 is 1.49 bits per heavy atom. The fraction of sp³-hybridized carbons (Fsp3) is 0.622. The minimum Gasteiger partial charge on any atom is -0.427 e. The van der Waals surface area contributed by atoms with Crippen molar-refractivity contribution >= 4 is 11.9 Å². The second kappa shape index (κ2) is 16.1. The van der Waals surface area contributed by atoms with Crippen molar-refractivity contribution in [1.29, 1.82) is 0 Å². The van der Waals surface area contributed by atoms with E-state index in [4.69, 9.17) is 9.47 Å². The van der Waals surface area contributed by atoms with Crippen LogP contribution in [0, 0.1) is 17.8 Å². The average molecular weight is 561 g/mol. The molecule has 2 aromatic rings. The van der Waals surface area contributed by atoms with Crippen LogP contribution in [0.15, 0.2) is 48.5 Å².